The lowest BCUT2D eigenvalue weighted by Crippen LogP contribution is -2.48. The van der Waals surface area contributed by atoms with Gasteiger partial charge in [0.25, 0.3) is 5.69 Å². The number of carbonyl (C=O) groups excluding carboxylic acids is 1. The zero-order valence-electron chi connectivity index (χ0n) is 14.5. The first-order valence-electron chi connectivity index (χ1n) is 7.78. The van der Waals surface area contributed by atoms with Crippen LogP contribution in [-0.2, 0) is 11.3 Å². The number of nitrogens with one attached hydrogen (secondary N) is 3. The fourth-order valence-corrected chi connectivity index (χ4v) is 1.86. The van der Waals surface area contributed by atoms with Crippen LogP contribution in [0.2, 0.25) is 0 Å². The topological polar surface area (TPSA) is 109 Å². The molecule has 0 bridgehead atoms. The lowest BCUT2D eigenvalue weighted by Gasteiger charge is -2.21. The van der Waals surface area contributed by atoms with E-state index in [0.29, 0.717) is 19.0 Å². The zero-order chi connectivity index (χ0) is 18.2. The van der Waals surface area contributed by atoms with E-state index in [2.05, 4.69) is 20.9 Å². The van der Waals surface area contributed by atoms with Crippen molar-refractivity contribution in [2.75, 3.05) is 13.1 Å². The van der Waals surface area contributed by atoms with Gasteiger partial charge in [-0.05, 0) is 33.3 Å². The average molecular weight is 335 g/mol. The summed E-state index contributed by atoms with van der Waals surface area (Å²) < 4.78 is 0. The molecule has 8 nitrogen and oxygen atoms in total. The second-order valence-electron chi connectivity index (χ2n) is 6.27. The van der Waals surface area contributed by atoms with Crippen molar-refractivity contribution in [2.24, 2.45) is 4.99 Å². The predicted molar refractivity (Wildman–Crippen MR) is 93.8 cm³/mol. The van der Waals surface area contributed by atoms with Crippen molar-refractivity contribution in [1.82, 2.24) is 16.0 Å². The Labute approximate surface area is 141 Å². The number of nitro groups is 1. The number of nitrogens with zero attached hydrogens (tertiary/aromatic N) is 2. The Morgan fingerprint density at radius 3 is 2.33 bits per heavy atom. The number of aliphatic imine (C=N–C) groups is 1. The molecule has 1 aromatic rings. The van der Waals surface area contributed by atoms with Crippen LogP contribution in [0.15, 0.2) is 29.3 Å². The van der Waals surface area contributed by atoms with Crippen molar-refractivity contribution in [3.63, 3.8) is 0 Å². The number of non-ortho nitro benzene ring substituents is 1. The van der Waals surface area contributed by atoms with Crippen molar-refractivity contribution < 1.29 is 9.72 Å². The number of hydrogen-bond acceptors (Lipinski definition) is 4. The Bertz CT molecular complexity index is 591. The standard InChI is InChI=1S/C16H25N5O3/c1-5-17-15(19-11-14(22)20-16(2,3)4)18-10-12-6-8-13(9-7-12)21(23)24/h6-9H,5,10-11H2,1-4H3,(H,20,22)(H2,17,18,19). The Balaban J connectivity index is 2.61. The summed E-state index contributed by atoms with van der Waals surface area (Å²) in [6, 6.07) is 6.22. The molecule has 3 N–H and O–H groups in total. The monoisotopic (exact) mass is 335 g/mol. The van der Waals surface area contributed by atoms with Crippen LogP contribution < -0.4 is 16.0 Å². The third kappa shape index (κ3) is 7.57. The van der Waals surface area contributed by atoms with Crippen molar-refractivity contribution in [3.05, 3.63) is 39.9 Å². The molecule has 8 heteroatoms. The largest absolute Gasteiger partial charge is 0.357 e. The van der Waals surface area contributed by atoms with Crippen LogP contribution in [0.3, 0.4) is 0 Å². The number of benzene rings is 1. The van der Waals surface area contributed by atoms with Gasteiger partial charge >= 0.3 is 0 Å². The highest BCUT2D eigenvalue weighted by Crippen LogP contribution is 2.12. The van der Waals surface area contributed by atoms with Gasteiger partial charge < -0.3 is 16.0 Å². The van der Waals surface area contributed by atoms with Crippen LogP contribution in [0.5, 0.6) is 0 Å². The molecule has 0 aliphatic heterocycles. The number of rotatable bonds is 6. The van der Waals surface area contributed by atoms with Gasteiger partial charge in [0.05, 0.1) is 18.0 Å². The maximum atomic E-state index is 11.8. The molecule has 0 radical (unpaired) electrons. The molecule has 0 spiro atoms. The first kappa shape index (κ1) is 19.4. The Kier molecular flexibility index (Phi) is 7.16. The van der Waals surface area contributed by atoms with Gasteiger partial charge in [0, 0.05) is 24.2 Å². The van der Waals surface area contributed by atoms with E-state index < -0.39 is 4.92 Å². The van der Waals surface area contributed by atoms with E-state index in [1.54, 1.807) is 12.1 Å². The van der Waals surface area contributed by atoms with Gasteiger partial charge in [0.15, 0.2) is 5.96 Å². The first-order chi connectivity index (χ1) is 11.2. The highest BCUT2D eigenvalue weighted by Gasteiger charge is 2.13. The minimum absolute atomic E-state index is 0.0478. The fraction of sp³-hybridized carbons (Fsp3) is 0.500. The van der Waals surface area contributed by atoms with E-state index in [0.717, 1.165) is 5.56 Å². The van der Waals surface area contributed by atoms with E-state index in [1.807, 2.05) is 27.7 Å². The van der Waals surface area contributed by atoms with Crippen LogP contribution in [0, 0.1) is 10.1 Å². The summed E-state index contributed by atoms with van der Waals surface area (Å²) in [4.78, 5) is 26.4. The molecule has 0 fully saturated rings. The van der Waals surface area contributed by atoms with Crippen molar-refractivity contribution >= 4 is 17.6 Å². The van der Waals surface area contributed by atoms with Crippen LogP contribution in [-0.4, -0.2) is 35.4 Å². The van der Waals surface area contributed by atoms with Crippen LogP contribution in [0.1, 0.15) is 33.3 Å². The summed E-state index contributed by atoms with van der Waals surface area (Å²) in [7, 11) is 0. The molecule has 0 aliphatic rings. The zero-order valence-corrected chi connectivity index (χ0v) is 14.5. The van der Waals surface area contributed by atoms with Crippen molar-refractivity contribution in [3.8, 4) is 0 Å². The van der Waals surface area contributed by atoms with Gasteiger partial charge in [-0.3, -0.25) is 14.9 Å². The highest BCUT2D eigenvalue weighted by atomic mass is 16.6. The van der Waals surface area contributed by atoms with Crippen molar-refractivity contribution in [1.29, 1.82) is 0 Å². The maximum absolute atomic E-state index is 11.8. The minimum atomic E-state index is -0.438. The molecule has 0 atom stereocenters. The van der Waals surface area contributed by atoms with Gasteiger partial charge in [-0.1, -0.05) is 12.1 Å². The smallest absolute Gasteiger partial charge is 0.269 e. The molecule has 0 unspecified atom stereocenters. The Morgan fingerprint density at radius 1 is 1.21 bits per heavy atom. The Morgan fingerprint density at radius 2 is 1.83 bits per heavy atom. The molecule has 1 aromatic carbocycles. The van der Waals surface area contributed by atoms with Gasteiger partial charge in [0.1, 0.15) is 0 Å². The second kappa shape index (κ2) is 8.85. The first-order valence-corrected chi connectivity index (χ1v) is 7.78. The predicted octanol–water partition coefficient (Wildman–Crippen LogP) is 1.56. The molecule has 0 heterocycles. The summed E-state index contributed by atoms with van der Waals surface area (Å²) >= 11 is 0. The van der Waals surface area contributed by atoms with Crippen LogP contribution >= 0.6 is 0 Å². The van der Waals surface area contributed by atoms with E-state index in [-0.39, 0.29) is 23.7 Å². The fourth-order valence-electron chi connectivity index (χ4n) is 1.86. The quantitative estimate of drug-likeness (QED) is 0.316. The number of carbonyl (C=O) groups is 1. The molecule has 24 heavy (non-hydrogen) atoms. The molecule has 0 aliphatic carbocycles. The van der Waals surface area contributed by atoms with Crippen molar-refractivity contribution in [2.45, 2.75) is 39.8 Å². The van der Waals surface area contributed by atoms with Crippen LogP contribution in [0.25, 0.3) is 0 Å². The SMILES string of the molecule is CCNC(=NCc1ccc([N+](=O)[O-])cc1)NCC(=O)NC(C)(C)C. The number of nitro benzene ring substituents is 1. The molecular weight excluding hydrogens is 310 g/mol. The molecule has 0 saturated heterocycles. The third-order valence-corrected chi connectivity index (χ3v) is 2.84. The number of guanidine groups is 1. The lowest BCUT2D eigenvalue weighted by molar-refractivity contribution is -0.384. The average Bonchev–Trinajstić information content (AvgIpc) is 2.48. The summed E-state index contributed by atoms with van der Waals surface area (Å²) in [6.07, 6.45) is 0. The number of amides is 1. The third-order valence-electron chi connectivity index (χ3n) is 2.84. The van der Waals surface area contributed by atoms with E-state index in [9.17, 15) is 14.9 Å². The van der Waals surface area contributed by atoms with Crippen LogP contribution in [0.4, 0.5) is 5.69 Å². The summed E-state index contributed by atoms with van der Waals surface area (Å²) in [6.45, 7) is 8.80. The number of hydrogen-bond donors (Lipinski definition) is 3. The lowest BCUT2D eigenvalue weighted by atomic mass is 10.1. The van der Waals surface area contributed by atoms with Gasteiger partial charge in [0.2, 0.25) is 5.91 Å². The van der Waals surface area contributed by atoms with Gasteiger partial charge in [-0.2, -0.15) is 0 Å². The summed E-state index contributed by atoms with van der Waals surface area (Å²) in [5, 5.41) is 19.5. The molecular formula is C16H25N5O3. The Hall–Kier alpha value is -2.64. The minimum Gasteiger partial charge on any atom is -0.357 e. The molecule has 0 saturated carbocycles. The maximum Gasteiger partial charge on any atom is 0.269 e. The molecule has 1 amide bonds. The van der Waals surface area contributed by atoms with Gasteiger partial charge in [-0.15, -0.1) is 0 Å². The summed E-state index contributed by atoms with van der Waals surface area (Å²) in [5.41, 5.74) is 0.607. The molecule has 0 aromatic heterocycles. The highest BCUT2D eigenvalue weighted by molar-refractivity contribution is 5.86. The van der Waals surface area contributed by atoms with E-state index in [1.165, 1.54) is 12.1 Å². The van der Waals surface area contributed by atoms with E-state index in [4.69, 9.17) is 0 Å². The normalized spacial score (nSPS) is 11.8. The molecule has 1 rings (SSSR count). The second-order valence-corrected chi connectivity index (χ2v) is 6.27. The van der Waals surface area contributed by atoms with Gasteiger partial charge in [-0.25, -0.2) is 4.99 Å². The van der Waals surface area contributed by atoms with E-state index >= 15 is 0 Å². The summed E-state index contributed by atoms with van der Waals surface area (Å²) in [5.74, 6) is 0.392. The molecule has 132 valence electrons.